The minimum atomic E-state index is -0.321. The Morgan fingerprint density at radius 3 is 2.82 bits per heavy atom. The van der Waals surface area contributed by atoms with Crippen molar-refractivity contribution >= 4 is 11.5 Å². The van der Waals surface area contributed by atoms with E-state index in [1.165, 1.54) is 23.7 Å². The summed E-state index contributed by atoms with van der Waals surface area (Å²) in [5.74, 6) is -0.223. The van der Waals surface area contributed by atoms with Crippen LogP contribution in [0.4, 0.5) is 4.39 Å². The lowest BCUT2D eigenvalue weighted by atomic mass is 9.78. The first-order valence-electron chi connectivity index (χ1n) is 7.57. The first-order chi connectivity index (χ1) is 10.7. The fraction of sp³-hybridized carbons (Fsp3) is 0.500. The van der Waals surface area contributed by atoms with Gasteiger partial charge in [-0.1, -0.05) is 23.0 Å². The Labute approximate surface area is 133 Å². The highest BCUT2D eigenvalue weighted by Gasteiger charge is 2.41. The summed E-state index contributed by atoms with van der Waals surface area (Å²) in [4.78, 5) is 0. The van der Waals surface area contributed by atoms with E-state index < -0.39 is 0 Å². The number of nitrogens with zero attached hydrogens (tertiary/aromatic N) is 2. The average Bonchev–Trinajstić information content (AvgIpc) is 3.13. The SMILES string of the molecule is O[C@@H]1CCC[C@]1(CNCc1csnn1)Cc1ccc(F)cc1. The smallest absolute Gasteiger partial charge is 0.123 e. The van der Waals surface area contributed by atoms with Crippen molar-refractivity contribution in [3.63, 3.8) is 0 Å². The van der Waals surface area contributed by atoms with E-state index >= 15 is 0 Å². The van der Waals surface area contributed by atoms with Crippen molar-refractivity contribution in [1.82, 2.24) is 14.9 Å². The lowest BCUT2D eigenvalue weighted by Crippen LogP contribution is -2.41. The molecule has 118 valence electrons. The molecule has 2 aromatic rings. The minimum absolute atomic E-state index is 0.179. The largest absolute Gasteiger partial charge is 0.392 e. The molecule has 1 saturated carbocycles. The minimum Gasteiger partial charge on any atom is -0.392 e. The zero-order valence-electron chi connectivity index (χ0n) is 12.3. The monoisotopic (exact) mass is 321 g/mol. The van der Waals surface area contributed by atoms with Crippen LogP contribution in [0.15, 0.2) is 29.6 Å². The zero-order valence-corrected chi connectivity index (χ0v) is 13.2. The molecule has 1 aliphatic rings. The lowest BCUT2D eigenvalue weighted by molar-refractivity contribution is 0.0518. The number of rotatable bonds is 6. The standard InChI is InChI=1S/C16H20FN3OS/c17-13-5-3-12(4-6-13)8-16(7-1-2-15(16)21)11-18-9-14-10-22-20-19-14/h3-6,10,15,18,21H,1-2,7-9,11H2/t15-,16-/m1/s1. The maximum absolute atomic E-state index is 13.1. The van der Waals surface area contributed by atoms with Gasteiger partial charge in [-0.25, -0.2) is 4.39 Å². The van der Waals surface area contributed by atoms with Gasteiger partial charge in [0.1, 0.15) is 5.82 Å². The second-order valence-corrected chi connectivity index (χ2v) is 6.68. The Morgan fingerprint density at radius 1 is 1.36 bits per heavy atom. The third kappa shape index (κ3) is 3.51. The first-order valence-corrected chi connectivity index (χ1v) is 8.41. The van der Waals surface area contributed by atoms with Crippen molar-refractivity contribution < 1.29 is 9.50 Å². The van der Waals surface area contributed by atoms with Crippen LogP contribution in [0.3, 0.4) is 0 Å². The van der Waals surface area contributed by atoms with E-state index in [0.29, 0.717) is 6.54 Å². The van der Waals surface area contributed by atoms with Crippen LogP contribution in [-0.2, 0) is 13.0 Å². The van der Waals surface area contributed by atoms with E-state index in [4.69, 9.17) is 0 Å². The number of benzene rings is 1. The molecule has 0 spiro atoms. The molecule has 0 unspecified atom stereocenters. The van der Waals surface area contributed by atoms with Gasteiger partial charge in [0.15, 0.2) is 0 Å². The molecule has 1 aliphatic carbocycles. The predicted octanol–water partition coefficient (Wildman–Crippen LogP) is 2.54. The summed E-state index contributed by atoms with van der Waals surface area (Å²) < 4.78 is 16.9. The number of hydrogen-bond donors (Lipinski definition) is 2. The van der Waals surface area contributed by atoms with Gasteiger partial charge in [0.05, 0.1) is 11.8 Å². The van der Waals surface area contributed by atoms with Crippen molar-refractivity contribution in [3.8, 4) is 0 Å². The summed E-state index contributed by atoms with van der Waals surface area (Å²) in [6.45, 7) is 1.39. The van der Waals surface area contributed by atoms with Crippen molar-refractivity contribution in [1.29, 1.82) is 0 Å². The Kier molecular flexibility index (Phi) is 4.81. The maximum atomic E-state index is 13.1. The maximum Gasteiger partial charge on any atom is 0.123 e. The van der Waals surface area contributed by atoms with E-state index in [2.05, 4.69) is 14.9 Å². The molecule has 1 aromatic carbocycles. The predicted molar refractivity (Wildman–Crippen MR) is 84.0 cm³/mol. The summed E-state index contributed by atoms with van der Waals surface area (Å²) in [5.41, 5.74) is 1.82. The van der Waals surface area contributed by atoms with Gasteiger partial charge in [-0.05, 0) is 48.5 Å². The van der Waals surface area contributed by atoms with E-state index in [0.717, 1.165) is 43.5 Å². The van der Waals surface area contributed by atoms with Gasteiger partial charge in [0.25, 0.3) is 0 Å². The summed E-state index contributed by atoms with van der Waals surface area (Å²) in [5, 5.41) is 19.8. The topological polar surface area (TPSA) is 58.0 Å². The highest BCUT2D eigenvalue weighted by molar-refractivity contribution is 7.03. The van der Waals surface area contributed by atoms with Crippen LogP contribution in [-0.4, -0.2) is 27.3 Å². The second-order valence-electron chi connectivity index (χ2n) is 6.07. The summed E-state index contributed by atoms with van der Waals surface area (Å²) >= 11 is 1.34. The molecule has 1 aromatic heterocycles. The summed E-state index contributed by atoms with van der Waals surface area (Å²) in [6.07, 6.45) is 3.28. The fourth-order valence-electron chi connectivity index (χ4n) is 3.30. The van der Waals surface area contributed by atoms with Crippen LogP contribution in [0.25, 0.3) is 0 Å². The van der Waals surface area contributed by atoms with Gasteiger partial charge in [-0.3, -0.25) is 0 Å². The molecule has 2 N–H and O–H groups in total. The van der Waals surface area contributed by atoms with Crippen LogP contribution in [0, 0.1) is 11.2 Å². The highest BCUT2D eigenvalue weighted by Crippen LogP contribution is 2.40. The zero-order chi connectivity index (χ0) is 15.4. The van der Waals surface area contributed by atoms with Crippen LogP contribution in [0.1, 0.15) is 30.5 Å². The summed E-state index contributed by atoms with van der Waals surface area (Å²) in [6, 6.07) is 6.59. The number of halogens is 1. The summed E-state index contributed by atoms with van der Waals surface area (Å²) in [7, 11) is 0. The second kappa shape index (κ2) is 6.81. The molecule has 0 amide bonds. The van der Waals surface area contributed by atoms with Crippen molar-refractivity contribution in [2.75, 3.05) is 6.54 Å². The van der Waals surface area contributed by atoms with E-state index in [-0.39, 0.29) is 17.3 Å². The third-order valence-corrected chi connectivity index (χ3v) is 5.07. The molecule has 3 rings (SSSR count). The Bertz CT molecular complexity index is 590. The molecule has 2 atom stereocenters. The van der Waals surface area contributed by atoms with Gasteiger partial charge < -0.3 is 10.4 Å². The van der Waals surface area contributed by atoms with Crippen LogP contribution < -0.4 is 5.32 Å². The number of nitrogens with one attached hydrogen (secondary N) is 1. The van der Waals surface area contributed by atoms with Crippen molar-refractivity contribution in [2.45, 2.75) is 38.3 Å². The van der Waals surface area contributed by atoms with E-state index in [1.807, 2.05) is 17.5 Å². The Morgan fingerprint density at radius 2 is 2.18 bits per heavy atom. The molecule has 0 bridgehead atoms. The van der Waals surface area contributed by atoms with Gasteiger partial charge in [0.2, 0.25) is 0 Å². The number of aromatic nitrogens is 2. The molecular weight excluding hydrogens is 301 g/mol. The first kappa shape index (κ1) is 15.5. The molecule has 1 heterocycles. The Balaban J connectivity index is 1.66. The van der Waals surface area contributed by atoms with Crippen LogP contribution >= 0.6 is 11.5 Å². The third-order valence-electron chi connectivity index (χ3n) is 4.52. The highest BCUT2D eigenvalue weighted by atomic mass is 32.1. The Hall–Kier alpha value is -1.37. The molecule has 4 nitrogen and oxygen atoms in total. The van der Waals surface area contributed by atoms with E-state index in [9.17, 15) is 9.50 Å². The normalized spacial score (nSPS) is 24.7. The molecule has 1 fully saturated rings. The molecule has 22 heavy (non-hydrogen) atoms. The van der Waals surface area contributed by atoms with Crippen LogP contribution in [0.5, 0.6) is 0 Å². The lowest BCUT2D eigenvalue weighted by Gasteiger charge is -2.33. The fourth-order valence-corrected chi connectivity index (χ4v) is 3.76. The molecule has 0 aliphatic heterocycles. The number of hydrogen-bond acceptors (Lipinski definition) is 5. The molecule has 6 heteroatoms. The van der Waals surface area contributed by atoms with Crippen LogP contribution in [0.2, 0.25) is 0 Å². The number of aliphatic hydroxyl groups excluding tert-OH is 1. The average molecular weight is 321 g/mol. The molecular formula is C16H20FN3OS. The van der Waals surface area contributed by atoms with Crippen molar-refractivity contribution in [2.24, 2.45) is 5.41 Å². The van der Waals surface area contributed by atoms with Gasteiger partial charge in [-0.15, -0.1) is 5.10 Å². The van der Waals surface area contributed by atoms with Crippen molar-refractivity contribution in [3.05, 3.63) is 46.7 Å². The quantitative estimate of drug-likeness (QED) is 0.858. The molecule has 0 saturated heterocycles. The van der Waals surface area contributed by atoms with Gasteiger partial charge in [-0.2, -0.15) is 0 Å². The number of aliphatic hydroxyl groups is 1. The van der Waals surface area contributed by atoms with Gasteiger partial charge >= 0.3 is 0 Å². The van der Waals surface area contributed by atoms with E-state index in [1.54, 1.807) is 0 Å². The molecule has 0 radical (unpaired) electrons. The van der Waals surface area contributed by atoms with Gasteiger partial charge in [0, 0.05) is 23.9 Å².